The van der Waals surface area contributed by atoms with E-state index in [4.69, 9.17) is 4.98 Å². The van der Waals surface area contributed by atoms with Crippen molar-refractivity contribution < 1.29 is 0 Å². The van der Waals surface area contributed by atoms with Crippen LogP contribution in [0.2, 0.25) is 0 Å². The number of aromatic nitrogens is 5. The van der Waals surface area contributed by atoms with E-state index in [1.54, 1.807) is 18.6 Å². The number of nitrogens with one attached hydrogen (secondary N) is 1. The van der Waals surface area contributed by atoms with Gasteiger partial charge in [-0.05, 0) is 30.3 Å². The van der Waals surface area contributed by atoms with Crippen molar-refractivity contribution in [3.05, 3.63) is 102 Å². The van der Waals surface area contributed by atoms with E-state index in [1.165, 1.54) is 0 Å². The Balaban J connectivity index is 0.00000106. The Bertz CT molecular complexity index is 1610. The van der Waals surface area contributed by atoms with E-state index >= 15 is 0 Å². The third kappa shape index (κ3) is 2.83. The van der Waals surface area contributed by atoms with E-state index < -0.39 is 0 Å². The molecule has 7 heteroatoms. The zero-order chi connectivity index (χ0) is 23.1. The van der Waals surface area contributed by atoms with Crippen molar-refractivity contribution >= 4 is 34.3 Å². The second kappa shape index (κ2) is 8.12. The molecule has 0 saturated carbocycles. The number of pyridine rings is 2. The molecule has 5 aromatic rings. The molecule has 0 spiro atoms. The van der Waals surface area contributed by atoms with Crippen molar-refractivity contribution in [2.75, 3.05) is 4.90 Å². The molecule has 7 nitrogen and oxygen atoms in total. The van der Waals surface area contributed by atoms with Crippen LogP contribution in [0.3, 0.4) is 0 Å². The van der Waals surface area contributed by atoms with Crippen LogP contribution >= 0.6 is 0 Å². The van der Waals surface area contributed by atoms with Gasteiger partial charge in [0.2, 0.25) is 0 Å². The van der Waals surface area contributed by atoms with Crippen LogP contribution in [0.15, 0.2) is 85.7 Å². The van der Waals surface area contributed by atoms with Gasteiger partial charge in [0.15, 0.2) is 5.82 Å². The summed E-state index contributed by atoms with van der Waals surface area (Å²) in [6.07, 6.45) is 12.9. The van der Waals surface area contributed by atoms with Crippen molar-refractivity contribution in [1.82, 2.24) is 29.8 Å². The summed E-state index contributed by atoms with van der Waals surface area (Å²) in [4.78, 5) is 20.3. The van der Waals surface area contributed by atoms with Gasteiger partial charge < -0.3 is 9.88 Å². The van der Waals surface area contributed by atoms with Crippen molar-refractivity contribution in [2.24, 2.45) is 0 Å². The molecule has 1 unspecified atom stereocenters. The second-order valence-corrected chi connectivity index (χ2v) is 7.76. The van der Waals surface area contributed by atoms with E-state index in [2.05, 4.69) is 72.3 Å². The first-order valence-corrected chi connectivity index (χ1v) is 11.4. The van der Waals surface area contributed by atoms with Gasteiger partial charge in [-0.25, -0.2) is 4.98 Å². The number of benzene rings is 1. The van der Waals surface area contributed by atoms with Gasteiger partial charge in [0, 0.05) is 47.3 Å². The molecule has 0 amide bonds. The Hall–Kier alpha value is -4.52. The number of rotatable bonds is 2. The lowest BCUT2D eigenvalue weighted by atomic mass is 10.1. The van der Waals surface area contributed by atoms with Crippen molar-refractivity contribution in [3.63, 3.8) is 0 Å². The highest BCUT2D eigenvalue weighted by molar-refractivity contribution is 5.94. The minimum atomic E-state index is -0.0799. The van der Waals surface area contributed by atoms with Crippen LogP contribution in [-0.2, 0) is 0 Å². The zero-order valence-electron chi connectivity index (χ0n) is 18.9. The van der Waals surface area contributed by atoms with Gasteiger partial charge in [-0.2, -0.15) is 0 Å². The monoisotopic (exact) mass is 445 g/mol. The fourth-order valence-corrected chi connectivity index (χ4v) is 4.86. The van der Waals surface area contributed by atoms with Gasteiger partial charge in [0.1, 0.15) is 6.04 Å². The Kier molecular flexibility index (Phi) is 4.80. The highest BCUT2D eigenvalue weighted by Gasteiger charge is 2.39. The third-order valence-corrected chi connectivity index (χ3v) is 6.09. The molecule has 0 saturated heterocycles. The van der Waals surface area contributed by atoms with Gasteiger partial charge in [0.05, 0.1) is 40.3 Å². The summed E-state index contributed by atoms with van der Waals surface area (Å²) in [5.41, 5.74) is 5.23. The standard InChI is InChI=1S/C25H17N7.C2H6/c1-2-5-16(6-3-1)31-19-13-26-10-8-17(19)22-20(31)14-30-24-23-18(7-4-9-29-23)32(25(22)24)21-15-27-11-12-28-21;1-2/h1-15,24,30H;1-2H3. The van der Waals surface area contributed by atoms with E-state index in [1.807, 2.05) is 44.6 Å². The summed E-state index contributed by atoms with van der Waals surface area (Å²) < 4.78 is 2.25. The van der Waals surface area contributed by atoms with Gasteiger partial charge in [-0.15, -0.1) is 0 Å². The van der Waals surface area contributed by atoms with Crippen LogP contribution in [0.5, 0.6) is 0 Å². The molecule has 6 heterocycles. The third-order valence-electron chi connectivity index (χ3n) is 6.09. The number of hydrogen-bond acceptors (Lipinski definition) is 6. The molecular formula is C27H23N7. The number of fused-ring (bicyclic) bond motifs is 6. The van der Waals surface area contributed by atoms with Crippen LogP contribution in [0.4, 0.5) is 11.5 Å². The van der Waals surface area contributed by atoms with E-state index in [0.29, 0.717) is 0 Å². The minimum absolute atomic E-state index is 0.0799. The fourth-order valence-electron chi connectivity index (χ4n) is 4.86. The van der Waals surface area contributed by atoms with Crippen molar-refractivity contribution in [3.8, 4) is 5.69 Å². The highest BCUT2D eigenvalue weighted by Crippen LogP contribution is 2.45. The second-order valence-electron chi connectivity index (χ2n) is 7.76. The molecular weight excluding hydrogens is 422 g/mol. The Morgan fingerprint density at radius 2 is 1.68 bits per heavy atom. The number of nitrogens with zero attached hydrogens (tertiary/aromatic N) is 6. The largest absolute Gasteiger partial charge is 0.376 e. The molecule has 7 rings (SSSR count). The highest BCUT2D eigenvalue weighted by atomic mass is 15.3. The molecule has 0 radical (unpaired) electrons. The maximum Gasteiger partial charge on any atom is 0.156 e. The first-order chi connectivity index (χ1) is 16.9. The molecule has 0 fully saturated rings. The summed E-state index contributed by atoms with van der Waals surface area (Å²) >= 11 is 0. The lowest BCUT2D eigenvalue weighted by molar-refractivity contribution is 0.772. The number of hydrogen-bond donors (Lipinski definition) is 1. The van der Waals surface area contributed by atoms with Crippen molar-refractivity contribution in [1.29, 1.82) is 0 Å². The van der Waals surface area contributed by atoms with Crippen LogP contribution in [0, 0.1) is 0 Å². The topological polar surface area (TPSA) is 71.8 Å². The summed E-state index contributed by atoms with van der Waals surface area (Å²) in [6.45, 7) is 4.00. The maximum atomic E-state index is 4.72. The van der Waals surface area contributed by atoms with E-state index in [-0.39, 0.29) is 6.04 Å². The lowest BCUT2D eigenvalue weighted by Gasteiger charge is -2.23. The van der Waals surface area contributed by atoms with E-state index in [0.717, 1.165) is 50.1 Å². The molecule has 2 aliphatic heterocycles. The molecule has 1 N–H and O–H groups in total. The molecule has 2 aliphatic rings. The molecule has 1 aromatic carbocycles. The summed E-state index contributed by atoms with van der Waals surface area (Å²) in [5, 5.41) is 6.97. The van der Waals surface area contributed by atoms with Gasteiger partial charge >= 0.3 is 0 Å². The summed E-state index contributed by atoms with van der Waals surface area (Å²) in [7, 11) is 0. The number of anilines is 2. The van der Waals surface area contributed by atoms with Gasteiger partial charge in [0.25, 0.3) is 0 Å². The van der Waals surface area contributed by atoms with Gasteiger partial charge in [-0.3, -0.25) is 19.9 Å². The Morgan fingerprint density at radius 1 is 0.824 bits per heavy atom. The quantitative estimate of drug-likeness (QED) is 0.448. The normalized spacial score (nSPS) is 15.4. The molecule has 0 bridgehead atoms. The fraction of sp³-hybridized carbons (Fsp3) is 0.111. The smallest absolute Gasteiger partial charge is 0.156 e. The Labute approximate surface area is 196 Å². The predicted octanol–water partition coefficient (Wildman–Crippen LogP) is 3.58. The molecule has 4 aromatic heterocycles. The first-order valence-electron chi connectivity index (χ1n) is 11.4. The predicted molar refractivity (Wildman–Crippen MR) is 134 cm³/mol. The molecule has 34 heavy (non-hydrogen) atoms. The zero-order valence-corrected chi connectivity index (χ0v) is 18.9. The SMILES string of the molecule is C1=c2c(c3ccncc3n2-c2ccccc2)=C2C(N1)c1ncccc1N2c1cnccn1.CC. The van der Waals surface area contributed by atoms with E-state index in [9.17, 15) is 0 Å². The van der Waals surface area contributed by atoms with Crippen LogP contribution in [-0.4, -0.2) is 24.5 Å². The minimum Gasteiger partial charge on any atom is -0.376 e. The number of para-hydroxylation sites is 1. The Morgan fingerprint density at radius 3 is 2.50 bits per heavy atom. The first kappa shape index (κ1) is 20.1. The van der Waals surface area contributed by atoms with Crippen LogP contribution in [0.25, 0.3) is 28.5 Å². The van der Waals surface area contributed by atoms with Crippen molar-refractivity contribution in [2.45, 2.75) is 19.9 Å². The lowest BCUT2D eigenvalue weighted by Crippen LogP contribution is -2.42. The van der Waals surface area contributed by atoms with Gasteiger partial charge in [-0.1, -0.05) is 32.0 Å². The maximum absolute atomic E-state index is 4.72. The molecule has 1 atom stereocenters. The van der Waals surface area contributed by atoms with Crippen LogP contribution < -0.4 is 20.8 Å². The average Bonchev–Trinajstić information content (AvgIpc) is 3.44. The average molecular weight is 446 g/mol. The molecule has 166 valence electrons. The summed E-state index contributed by atoms with van der Waals surface area (Å²) in [6, 6.07) is 16.4. The molecule has 0 aliphatic carbocycles. The van der Waals surface area contributed by atoms with Crippen LogP contribution in [0.1, 0.15) is 25.6 Å². The summed E-state index contributed by atoms with van der Waals surface area (Å²) in [5.74, 6) is 0.767.